The van der Waals surface area contributed by atoms with Gasteiger partial charge in [0.05, 0.1) is 6.07 Å². The summed E-state index contributed by atoms with van der Waals surface area (Å²) in [6, 6.07) is 2.30. The molecule has 1 rings (SSSR count). The maximum atomic E-state index is 11.7. The number of hydrogen-bond donors (Lipinski definition) is 0. The van der Waals surface area contributed by atoms with Gasteiger partial charge in [0.2, 0.25) is 5.91 Å². The highest BCUT2D eigenvalue weighted by molar-refractivity contribution is 5.80. The standard InChI is InChI=1S/C11H19N3O/c1-9(8-12)11(15)14(3)10-4-6-13(2)7-5-10/h9-10H,4-7H2,1-3H3. The van der Waals surface area contributed by atoms with Crippen LogP contribution in [-0.2, 0) is 4.79 Å². The highest BCUT2D eigenvalue weighted by atomic mass is 16.2. The molecule has 0 aromatic carbocycles. The van der Waals surface area contributed by atoms with Crippen LogP contribution < -0.4 is 0 Å². The van der Waals surface area contributed by atoms with Crippen LogP contribution in [0.25, 0.3) is 0 Å². The van der Waals surface area contributed by atoms with E-state index in [2.05, 4.69) is 11.9 Å². The van der Waals surface area contributed by atoms with Crippen molar-refractivity contribution in [2.45, 2.75) is 25.8 Å². The molecule has 15 heavy (non-hydrogen) atoms. The molecule has 0 aromatic rings. The van der Waals surface area contributed by atoms with Crippen LogP contribution >= 0.6 is 0 Å². The molecule has 0 saturated carbocycles. The molecule has 0 spiro atoms. The topological polar surface area (TPSA) is 47.3 Å². The average molecular weight is 209 g/mol. The second-order valence-corrected chi connectivity index (χ2v) is 4.33. The number of hydrogen-bond acceptors (Lipinski definition) is 3. The van der Waals surface area contributed by atoms with E-state index in [4.69, 9.17) is 5.26 Å². The quantitative estimate of drug-likeness (QED) is 0.672. The zero-order valence-electron chi connectivity index (χ0n) is 9.73. The minimum Gasteiger partial charge on any atom is -0.342 e. The molecule has 0 N–H and O–H groups in total. The zero-order chi connectivity index (χ0) is 11.4. The Hall–Kier alpha value is -1.08. The average Bonchev–Trinajstić information content (AvgIpc) is 2.27. The van der Waals surface area contributed by atoms with Gasteiger partial charge in [0.15, 0.2) is 0 Å². The smallest absolute Gasteiger partial charge is 0.239 e. The van der Waals surface area contributed by atoms with Gasteiger partial charge in [-0.05, 0) is 39.9 Å². The molecule has 1 heterocycles. The van der Waals surface area contributed by atoms with Crippen LogP contribution in [0, 0.1) is 17.2 Å². The van der Waals surface area contributed by atoms with Gasteiger partial charge in [-0.25, -0.2) is 0 Å². The van der Waals surface area contributed by atoms with Crippen molar-refractivity contribution in [1.82, 2.24) is 9.80 Å². The molecule has 4 nitrogen and oxygen atoms in total. The fourth-order valence-corrected chi connectivity index (χ4v) is 1.92. The fraction of sp³-hybridized carbons (Fsp3) is 0.818. The van der Waals surface area contributed by atoms with Gasteiger partial charge in [0.25, 0.3) is 0 Å². The Bertz CT molecular complexity index is 263. The summed E-state index contributed by atoms with van der Waals surface area (Å²) in [6.07, 6.45) is 2.02. The van der Waals surface area contributed by atoms with Crippen LogP contribution in [0.15, 0.2) is 0 Å². The van der Waals surface area contributed by atoms with Gasteiger partial charge in [-0.1, -0.05) is 0 Å². The first kappa shape index (κ1) is 12.0. The van der Waals surface area contributed by atoms with Crippen LogP contribution in [0.2, 0.25) is 0 Å². The summed E-state index contributed by atoms with van der Waals surface area (Å²) in [5.41, 5.74) is 0. The number of amides is 1. The summed E-state index contributed by atoms with van der Waals surface area (Å²) in [7, 11) is 3.90. The van der Waals surface area contributed by atoms with Crippen molar-refractivity contribution in [3.8, 4) is 6.07 Å². The Morgan fingerprint density at radius 2 is 2.07 bits per heavy atom. The lowest BCUT2D eigenvalue weighted by atomic mass is 10.0. The van der Waals surface area contributed by atoms with E-state index in [1.807, 2.05) is 13.1 Å². The lowest BCUT2D eigenvalue weighted by molar-refractivity contribution is -0.134. The third kappa shape index (κ3) is 2.93. The van der Waals surface area contributed by atoms with Crippen molar-refractivity contribution >= 4 is 5.91 Å². The molecule has 1 aliphatic heterocycles. The summed E-state index contributed by atoms with van der Waals surface area (Å²) in [6.45, 7) is 3.72. The van der Waals surface area contributed by atoms with Gasteiger partial charge in [0.1, 0.15) is 5.92 Å². The maximum Gasteiger partial charge on any atom is 0.239 e. The summed E-state index contributed by atoms with van der Waals surface area (Å²) < 4.78 is 0. The van der Waals surface area contributed by atoms with Crippen LogP contribution in [0.3, 0.4) is 0 Å². The molecule has 84 valence electrons. The molecule has 1 saturated heterocycles. The van der Waals surface area contributed by atoms with Crippen molar-refractivity contribution < 1.29 is 4.79 Å². The minimum atomic E-state index is -0.519. The van der Waals surface area contributed by atoms with Crippen LogP contribution in [0.1, 0.15) is 19.8 Å². The van der Waals surface area contributed by atoms with Crippen molar-refractivity contribution in [3.63, 3.8) is 0 Å². The van der Waals surface area contributed by atoms with E-state index < -0.39 is 5.92 Å². The zero-order valence-corrected chi connectivity index (χ0v) is 9.73. The van der Waals surface area contributed by atoms with Crippen molar-refractivity contribution in [2.24, 2.45) is 5.92 Å². The Balaban J connectivity index is 2.50. The van der Waals surface area contributed by atoms with Crippen LogP contribution in [0.4, 0.5) is 0 Å². The highest BCUT2D eigenvalue weighted by Crippen LogP contribution is 2.15. The van der Waals surface area contributed by atoms with Gasteiger partial charge in [-0.2, -0.15) is 5.26 Å². The number of nitriles is 1. The number of nitrogens with zero attached hydrogens (tertiary/aromatic N) is 3. The summed E-state index contributed by atoms with van der Waals surface area (Å²) in [4.78, 5) is 15.8. The molecule has 1 amide bonds. The minimum absolute atomic E-state index is 0.0490. The van der Waals surface area contributed by atoms with E-state index >= 15 is 0 Å². The second kappa shape index (κ2) is 5.13. The summed E-state index contributed by atoms with van der Waals surface area (Å²) >= 11 is 0. The van der Waals surface area contributed by atoms with Crippen molar-refractivity contribution in [3.05, 3.63) is 0 Å². The van der Waals surface area contributed by atoms with E-state index in [9.17, 15) is 4.79 Å². The van der Waals surface area contributed by atoms with E-state index in [1.54, 1.807) is 11.8 Å². The lowest BCUT2D eigenvalue weighted by Gasteiger charge is -2.35. The Labute approximate surface area is 91.5 Å². The molecule has 1 aliphatic rings. The van der Waals surface area contributed by atoms with Gasteiger partial charge in [-0.3, -0.25) is 4.79 Å². The summed E-state index contributed by atoms with van der Waals surface area (Å²) in [5, 5.41) is 8.69. The Morgan fingerprint density at radius 1 is 1.53 bits per heavy atom. The number of carbonyl (C=O) groups excluding carboxylic acids is 1. The van der Waals surface area contributed by atoms with Gasteiger partial charge >= 0.3 is 0 Å². The van der Waals surface area contributed by atoms with Crippen molar-refractivity contribution in [2.75, 3.05) is 27.2 Å². The van der Waals surface area contributed by atoms with Gasteiger partial charge < -0.3 is 9.80 Å². The third-order valence-electron chi connectivity index (χ3n) is 3.15. The monoisotopic (exact) mass is 209 g/mol. The first-order valence-corrected chi connectivity index (χ1v) is 5.41. The first-order valence-electron chi connectivity index (χ1n) is 5.41. The molecule has 0 aliphatic carbocycles. The highest BCUT2D eigenvalue weighted by Gasteiger charge is 2.26. The Morgan fingerprint density at radius 3 is 2.53 bits per heavy atom. The maximum absolute atomic E-state index is 11.7. The van der Waals surface area contributed by atoms with E-state index in [0.717, 1.165) is 25.9 Å². The number of carbonyl (C=O) groups is 1. The van der Waals surface area contributed by atoms with E-state index in [-0.39, 0.29) is 5.91 Å². The lowest BCUT2D eigenvalue weighted by Crippen LogP contribution is -2.45. The number of rotatable bonds is 2. The first-order chi connectivity index (χ1) is 7.06. The molecule has 4 heteroatoms. The molecule has 1 fully saturated rings. The predicted molar refractivity (Wildman–Crippen MR) is 58.1 cm³/mol. The Kier molecular flexibility index (Phi) is 4.10. The largest absolute Gasteiger partial charge is 0.342 e. The van der Waals surface area contributed by atoms with Crippen LogP contribution in [0.5, 0.6) is 0 Å². The second-order valence-electron chi connectivity index (χ2n) is 4.33. The molecular weight excluding hydrogens is 190 g/mol. The van der Waals surface area contributed by atoms with Crippen LogP contribution in [-0.4, -0.2) is 48.9 Å². The van der Waals surface area contributed by atoms with Gasteiger partial charge in [0, 0.05) is 13.1 Å². The third-order valence-corrected chi connectivity index (χ3v) is 3.15. The molecule has 0 aromatic heterocycles. The number of piperidine rings is 1. The van der Waals surface area contributed by atoms with E-state index in [0.29, 0.717) is 6.04 Å². The normalized spacial score (nSPS) is 20.7. The summed E-state index contributed by atoms with van der Waals surface area (Å²) in [5.74, 6) is -0.568. The van der Waals surface area contributed by atoms with E-state index in [1.165, 1.54) is 0 Å². The fourth-order valence-electron chi connectivity index (χ4n) is 1.92. The number of likely N-dealkylation sites (tertiary alicyclic amines) is 1. The molecule has 0 bridgehead atoms. The predicted octanol–water partition coefficient (Wildman–Crippen LogP) is 0.699. The molecule has 1 atom stereocenters. The molecule has 1 unspecified atom stereocenters. The molecular formula is C11H19N3O. The molecule has 0 radical (unpaired) electrons. The SMILES string of the molecule is CC(C#N)C(=O)N(C)C1CCN(C)CC1. The van der Waals surface area contributed by atoms with Crippen molar-refractivity contribution in [1.29, 1.82) is 5.26 Å². The van der Waals surface area contributed by atoms with Gasteiger partial charge in [-0.15, -0.1) is 0 Å².